The van der Waals surface area contributed by atoms with Gasteiger partial charge in [-0.05, 0) is 5.41 Å². The Morgan fingerprint density at radius 2 is 2.12 bits per heavy atom. The molecule has 0 unspecified atom stereocenters. The Bertz CT molecular complexity index is 399. The Balaban J connectivity index is 2.96. The number of hydrogen-bond donors (Lipinski definition) is 2. The monoisotopic (exact) mass is 225 g/mol. The summed E-state index contributed by atoms with van der Waals surface area (Å²) in [7, 11) is 0. The standard InChI is InChI=1S/C9H15N5O2/c1-9(2,3)4-11-8-6(14(15)16)7(10)12-5-13-8/h5H,4H2,1-3H3,(H3,10,11,12,13). The maximum Gasteiger partial charge on any atom is 0.352 e. The summed E-state index contributed by atoms with van der Waals surface area (Å²) in [6.45, 7) is 6.59. The molecule has 0 aromatic carbocycles. The second-order valence-electron chi connectivity index (χ2n) is 4.63. The second-order valence-corrected chi connectivity index (χ2v) is 4.63. The van der Waals surface area contributed by atoms with Crippen molar-refractivity contribution in [3.05, 3.63) is 16.4 Å². The third kappa shape index (κ3) is 3.04. The lowest BCUT2D eigenvalue weighted by Gasteiger charge is -2.18. The van der Waals surface area contributed by atoms with Crippen LogP contribution < -0.4 is 11.1 Å². The lowest BCUT2D eigenvalue weighted by atomic mass is 9.97. The Morgan fingerprint density at radius 1 is 1.50 bits per heavy atom. The lowest BCUT2D eigenvalue weighted by Crippen LogP contribution is -2.20. The van der Waals surface area contributed by atoms with Gasteiger partial charge in [0.05, 0.1) is 4.92 Å². The van der Waals surface area contributed by atoms with Crippen molar-refractivity contribution in [1.82, 2.24) is 9.97 Å². The van der Waals surface area contributed by atoms with E-state index in [2.05, 4.69) is 15.3 Å². The van der Waals surface area contributed by atoms with Crippen LogP contribution in [0.15, 0.2) is 6.33 Å². The average molecular weight is 225 g/mol. The number of rotatable bonds is 3. The number of aromatic nitrogens is 2. The highest BCUT2D eigenvalue weighted by Crippen LogP contribution is 2.27. The third-order valence-corrected chi connectivity index (χ3v) is 1.82. The van der Waals surface area contributed by atoms with Gasteiger partial charge in [0, 0.05) is 6.54 Å². The molecule has 0 saturated carbocycles. The average Bonchev–Trinajstić information content (AvgIpc) is 2.12. The van der Waals surface area contributed by atoms with E-state index < -0.39 is 4.92 Å². The molecule has 1 aromatic heterocycles. The molecule has 0 aliphatic heterocycles. The molecule has 3 N–H and O–H groups in total. The van der Waals surface area contributed by atoms with Gasteiger partial charge in [-0.25, -0.2) is 9.97 Å². The number of nitrogens with zero attached hydrogens (tertiary/aromatic N) is 3. The highest BCUT2D eigenvalue weighted by Gasteiger charge is 2.21. The van der Waals surface area contributed by atoms with Crippen molar-refractivity contribution in [3.63, 3.8) is 0 Å². The van der Waals surface area contributed by atoms with Gasteiger partial charge in [0.2, 0.25) is 11.6 Å². The van der Waals surface area contributed by atoms with Gasteiger partial charge in [-0.3, -0.25) is 10.1 Å². The van der Waals surface area contributed by atoms with E-state index in [1.54, 1.807) is 0 Å². The van der Waals surface area contributed by atoms with Crippen molar-refractivity contribution in [2.75, 3.05) is 17.6 Å². The molecule has 0 saturated heterocycles. The smallest absolute Gasteiger partial charge is 0.352 e. The molecule has 1 rings (SSSR count). The summed E-state index contributed by atoms with van der Waals surface area (Å²) >= 11 is 0. The maximum absolute atomic E-state index is 10.8. The van der Waals surface area contributed by atoms with Crippen molar-refractivity contribution in [2.45, 2.75) is 20.8 Å². The topological polar surface area (TPSA) is 107 Å². The zero-order valence-electron chi connectivity index (χ0n) is 9.52. The predicted molar refractivity (Wildman–Crippen MR) is 61.0 cm³/mol. The summed E-state index contributed by atoms with van der Waals surface area (Å²) in [5.41, 5.74) is 5.15. The molecule has 1 aromatic rings. The first-order chi connectivity index (χ1) is 7.31. The van der Waals surface area contributed by atoms with Gasteiger partial charge in [0.1, 0.15) is 6.33 Å². The molecular weight excluding hydrogens is 210 g/mol. The fourth-order valence-corrected chi connectivity index (χ4v) is 1.05. The molecule has 0 fully saturated rings. The van der Waals surface area contributed by atoms with E-state index in [0.717, 1.165) is 0 Å². The largest absolute Gasteiger partial charge is 0.378 e. The molecule has 7 heteroatoms. The molecule has 0 bridgehead atoms. The molecule has 0 atom stereocenters. The normalized spacial score (nSPS) is 11.2. The first-order valence-corrected chi connectivity index (χ1v) is 4.80. The zero-order valence-corrected chi connectivity index (χ0v) is 9.52. The Labute approximate surface area is 93.2 Å². The van der Waals surface area contributed by atoms with Crippen LogP contribution in [0.3, 0.4) is 0 Å². The fourth-order valence-electron chi connectivity index (χ4n) is 1.05. The Kier molecular flexibility index (Phi) is 3.26. The Hall–Kier alpha value is -1.92. The molecule has 7 nitrogen and oxygen atoms in total. The zero-order chi connectivity index (χ0) is 12.3. The van der Waals surface area contributed by atoms with Crippen LogP contribution >= 0.6 is 0 Å². The molecule has 0 aliphatic carbocycles. The number of nitrogens with two attached hydrogens (primary N) is 1. The predicted octanol–water partition coefficient (Wildman–Crippen LogP) is 1.42. The first kappa shape index (κ1) is 12.2. The van der Waals surface area contributed by atoms with E-state index in [0.29, 0.717) is 6.54 Å². The summed E-state index contributed by atoms with van der Waals surface area (Å²) in [4.78, 5) is 17.6. The SMILES string of the molecule is CC(C)(C)CNc1ncnc(N)c1[N+](=O)[O-]. The molecule has 16 heavy (non-hydrogen) atoms. The van der Waals surface area contributed by atoms with Crippen LogP contribution in [0.1, 0.15) is 20.8 Å². The summed E-state index contributed by atoms with van der Waals surface area (Å²) in [5, 5.41) is 13.7. The van der Waals surface area contributed by atoms with Crippen molar-refractivity contribution in [2.24, 2.45) is 5.41 Å². The molecule has 0 amide bonds. The lowest BCUT2D eigenvalue weighted by molar-refractivity contribution is -0.383. The van der Waals surface area contributed by atoms with Crippen LogP contribution in [-0.2, 0) is 0 Å². The summed E-state index contributed by atoms with van der Waals surface area (Å²) in [6, 6.07) is 0. The van der Waals surface area contributed by atoms with Crippen LogP contribution in [0.5, 0.6) is 0 Å². The van der Waals surface area contributed by atoms with E-state index in [9.17, 15) is 10.1 Å². The highest BCUT2D eigenvalue weighted by atomic mass is 16.6. The van der Waals surface area contributed by atoms with Crippen LogP contribution in [0.25, 0.3) is 0 Å². The van der Waals surface area contributed by atoms with E-state index in [-0.39, 0.29) is 22.7 Å². The molecular formula is C9H15N5O2. The van der Waals surface area contributed by atoms with Crippen LogP contribution in [0.4, 0.5) is 17.3 Å². The second kappa shape index (κ2) is 4.30. The van der Waals surface area contributed by atoms with Gasteiger partial charge < -0.3 is 11.1 Å². The van der Waals surface area contributed by atoms with Gasteiger partial charge in [0.25, 0.3) is 0 Å². The van der Waals surface area contributed by atoms with Crippen molar-refractivity contribution in [1.29, 1.82) is 0 Å². The van der Waals surface area contributed by atoms with Crippen LogP contribution in [0.2, 0.25) is 0 Å². The number of hydrogen-bond acceptors (Lipinski definition) is 6. The number of nitro groups is 1. The third-order valence-electron chi connectivity index (χ3n) is 1.82. The van der Waals surface area contributed by atoms with Gasteiger partial charge in [-0.1, -0.05) is 20.8 Å². The van der Waals surface area contributed by atoms with Crippen LogP contribution in [-0.4, -0.2) is 21.4 Å². The first-order valence-electron chi connectivity index (χ1n) is 4.80. The van der Waals surface area contributed by atoms with Gasteiger partial charge >= 0.3 is 5.69 Å². The van der Waals surface area contributed by atoms with Crippen molar-refractivity contribution >= 4 is 17.3 Å². The van der Waals surface area contributed by atoms with Crippen molar-refractivity contribution in [3.8, 4) is 0 Å². The molecule has 1 heterocycles. The fraction of sp³-hybridized carbons (Fsp3) is 0.556. The molecule has 0 aliphatic rings. The molecule has 0 spiro atoms. The minimum Gasteiger partial charge on any atom is -0.378 e. The summed E-state index contributed by atoms with van der Waals surface area (Å²) < 4.78 is 0. The van der Waals surface area contributed by atoms with E-state index in [1.807, 2.05) is 20.8 Å². The summed E-state index contributed by atoms with van der Waals surface area (Å²) in [6.07, 6.45) is 1.20. The molecule has 0 radical (unpaired) electrons. The van der Waals surface area contributed by atoms with Crippen LogP contribution in [0, 0.1) is 15.5 Å². The highest BCUT2D eigenvalue weighted by molar-refractivity contribution is 5.67. The van der Waals surface area contributed by atoms with Crippen molar-refractivity contribution < 1.29 is 4.92 Å². The number of anilines is 2. The number of nitrogens with one attached hydrogen (secondary N) is 1. The van der Waals surface area contributed by atoms with E-state index in [4.69, 9.17) is 5.73 Å². The van der Waals surface area contributed by atoms with Gasteiger partial charge in [0.15, 0.2) is 0 Å². The number of nitrogen functional groups attached to an aromatic ring is 1. The minimum absolute atomic E-state index is 0.00637. The van der Waals surface area contributed by atoms with E-state index >= 15 is 0 Å². The minimum atomic E-state index is -0.583. The van der Waals surface area contributed by atoms with Gasteiger partial charge in [-0.2, -0.15) is 0 Å². The van der Waals surface area contributed by atoms with E-state index in [1.165, 1.54) is 6.33 Å². The quantitative estimate of drug-likeness (QED) is 0.595. The Morgan fingerprint density at radius 3 is 2.62 bits per heavy atom. The molecule has 88 valence electrons. The maximum atomic E-state index is 10.8. The van der Waals surface area contributed by atoms with Gasteiger partial charge in [-0.15, -0.1) is 0 Å². The summed E-state index contributed by atoms with van der Waals surface area (Å²) in [5.74, 6) is 0.0313.